The lowest BCUT2D eigenvalue weighted by Gasteiger charge is -2.13. The number of aryl methyl sites for hydroxylation is 1. The molecule has 29 heavy (non-hydrogen) atoms. The molecule has 146 valence electrons. The number of ether oxygens (including phenoxy) is 1. The van der Waals surface area contributed by atoms with Crippen LogP contribution < -0.4 is 10.1 Å². The smallest absolute Gasteiger partial charge is 0.228 e. The van der Waals surface area contributed by atoms with Crippen LogP contribution in [0.3, 0.4) is 0 Å². The number of rotatable bonds is 6. The summed E-state index contributed by atoms with van der Waals surface area (Å²) in [7, 11) is 0. The van der Waals surface area contributed by atoms with Crippen molar-refractivity contribution in [1.82, 2.24) is 0 Å². The molecule has 1 N–H and O–H groups in total. The van der Waals surface area contributed by atoms with Crippen molar-refractivity contribution >= 4 is 34.8 Å². The molecule has 0 saturated carbocycles. The van der Waals surface area contributed by atoms with Gasteiger partial charge in [-0.3, -0.25) is 4.79 Å². The second-order valence-corrected chi connectivity index (χ2v) is 7.23. The fraction of sp³-hybridized carbons (Fsp3) is 0.130. The summed E-state index contributed by atoms with van der Waals surface area (Å²) in [6, 6.07) is 19.7. The second-order valence-electron chi connectivity index (χ2n) is 6.39. The minimum Gasteiger partial charge on any atom is -0.457 e. The summed E-state index contributed by atoms with van der Waals surface area (Å²) < 4.78 is 5.99. The molecule has 1 amide bonds. The fourth-order valence-corrected chi connectivity index (χ4v) is 3.26. The van der Waals surface area contributed by atoms with Gasteiger partial charge in [0.15, 0.2) is 0 Å². The van der Waals surface area contributed by atoms with Crippen LogP contribution in [0.15, 0.2) is 60.7 Å². The maximum atomic E-state index is 12.4. The summed E-state index contributed by atoms with van der Waals surface area (Å²) in [5.74, 6) is 0.922. The molecule has 0 aliphatic heterocycles. The van der Waals surface area contributed by atoms with Crippen LogP contribution in [-0.4, -0.2) is 5.91 Å². The summed E-state index contributed by atoms with van der Waals surface area (Å²) in [5.41, 5.74) is 2.77. The van der Waals surface area contributed by atoms with Gasteiger partial charge in [-0.15, -0.1) is 0 Å². The maximum absolute atomic E-state index is 12.4. The van der Waals surface area contributed by atoms with Crippen molar-refractivity contribution in [3.8, 4) is 17.6 Å². The standard InChI is InChI=1S/C23H18Cl2N2O2/c1-2-17-8-7-15(12-23(28)27-21-6-4-3-5-20(21)25)11-22(17)29-19-10-16(14-26)9-18(24)13-19/h3-11,13H,2,12H2,1H3,(H,27,28). The molecule has 0 saturated heterocycles. The Labute approximate surface area is 179 Å². The molecule has 0 bridgehead atoms. The number of nitrogens with zero attached hydrogens (tertiary/aromatic N) is 1. The molecule has 3 rings (SSSR count). The number of nitriles is 1. The van der Waals surface area contributed by atoms with Crippen molar-refractivity contribution in [3.63, 3.8) is 0 Å². The van der Waals surface area contributed by atoms with E-state index in [1.165, 1.54) is 0 Å². The third-order valence-electron chi connectivity index (χ3n) is 4.25. The van der Waals surface area contributed by atoms with E-state index in [1.807, 2.05) is 31.2 Å². The number of hydrogen-bond donors (Lipinski definition) is 1. The van der Waals surface area contributed by atoms with Gasteiger partial charge in [-0.1, -0.05) is 54.4 Å². The zero-order chi connectivity index (χ0) is 20.8. The van der Waals surface area contributed by atoms with E-state index in [2.05, 4.69) is 11.4 Å². The molecule has 4 nitrogen and oxygen atoms in total. The highest BCUT2D eigenvalue weighted by Crippen LogP contribution is 2.30. The normalized spacial score (nSPS) is 10.3. The molecule has 0 aliphatic rings. The van der Waals surface area contributed by atoms with E-state index in [1.54, 1.807) is 36.4 Å². The minimum atomic E-state index is -0.178. The van der Waals surface area contributed by atoms with Crippen molar-refractivity contribution in [1.29, 1.82) is 5.26 Å². The van der Waals surface area contributed by atoms with Crippen LogP contribution in [0.2, 0.25) is 10.0 Å². The Morgan fingerprint density at radius 1 is 1.10 bits per heavy atom. The predicted octanol–water partition coefficient (Wildman–Crippen LogP) is 6.40. The Kier molecular flexibility index (Phi) is 6.77. The number of carbonyl (C=O) groups is 1. The van der Waals surface area contributed by atoms with E-state index in [0.717, 1.165) is 17.5 Å². The van der Waals surface area contributed by atoms with Crippen LogP contribution in [-0.2, 0) is 17.6 Å². The van der Waals surface area contributed by atoms with Crippen molar-refractivity contribution in [2.75, 3.05) is 5.32 Å². The lowest BCUT2D eigenvalue weighted by Crippen LogP contribution is -2.14. The van der Waals surface area contributed by atoms with E-state index in [4.69, 9.17) is 33.2 Å². The highest BCUT2D eigenvalue weighted by Gasteiger charge is 2.11. The zero-order valence-corrected chi connectivity index (χ0v) is 17.2. The molecule has 6 heteroatoms. The van der Waals surface area contributed by atoms with Gasteiger partial charge in [-0.05, 0) is 53.9 Å². The van der Waals surface area contributed by atoms with E-state index in [0.29, 0.717) is 32.8 Å². The first-order valence-corrected chi connectivity index (χ1v) is 9.79. The third-order valence-corrected chi connectivity index (χ3v) is 4.80. The first-order chi connectivity index (χ1) is 14.0. The van der Waals surface area contributed by atoms with E-state index in [-0.39, 0.29) is 12.3 Å². The molecule has 0 unspecified atom stereocenters. The fourth-order valence-electron chi connectivity index (χ4n) is 2.85. The van der Waals surface area contributed by atoms with E-state index >= 15 is 0 Å². The van der Waals surface area contributed by atoms with Gasteiger partial charge in [-0.25, -0.2) is 0 Å². The zero-order valence-electron chi connectivity index (χ0n) is 15.7. The average molecular weight is 425 g/mol. The van der Waals surface area contributed by atoms with Gasteiger partial charge in [-0.2, -0.15) is 5.26 Å². The summed E-state index contributed by atoms with van der Waals surface area (Å²) in [6.07, 6.45) is 0.928. The second kappa shape index (κ2) is 9.47. The molecule has 3 aromatic carbocycles. The van der Waals surface area contributed by atoms with E-state index < -0.39 is 0 Å². The Morgan fingerprint density at radius 2 is 1.90 bits per heavy atom. The molecule has 0 heterocycles. The molecule has 0 spiro atoms. The molecule has 0 aromatic heterocycles. The summed E-state index contributed by atoms with van der Waals surface area (Å²) in [4.78, 5) is 12.4. The van der Waals surface area contributed by atoms with Gasteiger partial charge >= 0.3 is 0 Å². The van der Waals surface area contributed by atoms with E-state index in [9.17, 15) is 4.79 Å². The van der Waals surface area contributed by atoms with Crippen LogP contribution in [0.25, 0.3) is 0 Å². The third kappa shape index (κ3) is 5.51. The summed E-state index contributed by atoms with van der Waals surface area (Å²) in [5, 5.41) is 12.8. The van der Waals surface area contributed by atoms with Crippen LogP contribution in [0, 0.1) is 11.3 Å². The van der Waals surface area contributed by atoms with Gasteiger partial charge in [0.2, 0.25) is 5.91 Å². The Bertz CT molecular complexity index is 1090. The molecular formula is C23H18Cl2N2O2. The SMILES string of the molecule is CCc1ccc(CC(=O)Nc2ccccc2Cl)cc1Oc1cc(Cl)cc(C#N)c1. The van der Waals surface area contributed by atoms with Crippen molar-refractivity contribution in [2.24, 2.45) is 0 Å². The lowest BCUT2D eigenvalue weighted by molar-refractivity contribution is -0.115. The highest BCUT2D eigenvalue weighted by atomic mass is 35.5. The molecule has 3 aromatic rings. The first kappa shape index (κ1) is 20.7. The van der Waals surface area contributed by atoms with Gasteiger partial charge < -0.3 is 10.1 Å². The molecule has 0 atom stereocenters. The average Bonchev–Trinajstić information content (AvgIpc) is 2.69. The van der Waals surface area contributed by atoms with Crippen molar-refractivity contribution in [3.05, 3.63) is 87.4 Å². The number of nitrogens with one attached hydrogen (secondary N) is 1. The number of para-hydroxylation sites is 1. The monoisotopic (exact) mass is 424 g/mol. The van der Waals surface area contributed by atoms with Gasteiger partial charge in [0.25, 0.3) is 0 Å². The van der Waals surface area contributed by atoms with Crippen LogP contribution in [0.5, 0.6) is 11.5 Å². The topological polar surface area (TPSA) is 62.1 Å². The quantitative estimate of drug-likeness (QED) is 0.497. The summed E-state index contributed by atoms with van der Waals surface area (Å²) >= 11 is 12.2. The Balaban J connectivity index is 1.80. The number of anilines is 1. The molecular weight excluding hydrogens is 407 g/mol. The minimum absolute atomic E-state index is 0.171. The summed E-state index contributed by atoms with van der Waals surface area (Å²) in [6.45, 7) is 2.02. The first-order valence-electron chi connectivity index (χ1n) is 9.03. The van der Waals surface area contributed by atoms with Crippen molar-refractivity contribution < 1.29 is 9.53 Å². The molecule has 0 aliphatic carbocycles. The van der Waals surface area contributed by atoms with Crippen LogP contribution in [0.1, 0.15) is 23.6 Å². The number of halogens is 2. The van der Waals surface area contributed by atoms with Crippen LogP contribution in [0.4, 0.5) is 5.69 Å². The largest absolute Gasteiger partial charge is 0.457 e. The number of amides is 1. The van der Waals surface area contributed by atoms with Crippen LogP contribution >= 0.6 is 23.2 Å². The Morgan fingerprint density at radius 3 is 2.62 bits per heavy atom. The van der Waals surface area contributed by atoms with Crippen molar-refractivity contribution in [2.45, 2.75) is 19.8 Å². The van der Waals surface area contributed by atoms with Gasteiger partial charge in [0.05, 0.1) is 28.8 Å². The molecule has 0 fully saturated rings. The lowest BCUT2D eigenvalue weighted by atomic mass is 10.1. The Hall–Kier alpha value is -3.00. The number of carbonyl (C=O) groups excluding carboxylic acids is 1. The predicted molar refractivity (Wildman–Crippen MR) is 116 cm³/mol. The number of benzene rings is 3. The molecule has 0 radical (unpaired) electrons. The number of hydrogen-bond acceptors (Lipinski definition) is 3. The maximum Gasteiger partial charge on any atom is 0.228 e. The highest BCUT2D eigenvalue weighted by molar-refractivity contribution is 6.33. The van der Waals surface area contributed by atoms with Gasteiger partial charge in [0.1, 0.15) is 11.5 Å². The van der Waals surface area contributed by atoms with Gasteiger partial charge in [0, 0.05) is 5.02 Å².